The lowest BCUT2D eigenvalue weighted by Crippen LogP contribution is -2.32. The van der Waals surface area contributed by atoms with Gasteiger partial charge in [0.1, 0.15) is 18.1 Å². The molecule has 0 aliphatic heterocycles. The summed E-state index contributed by atoms with van der Waals surface area (Å²) >= 11 is 0. The molecule has 8 heteroatoms. The number of carbonyl (C=O) groups excluding carboxylic acids is 1. The molecule has 0 aliphatic rings. The molecule has 0 saturated heterocycles. The highest BCUT2D eigenvalue weighted by Gasteiger charge is 2.32. The first kappa shape index (κ1) is 16.1. The molecule has 0 spiro atoms. The largest absolute Gasteiger partial charge is 0.484 e. The van der Waals surface area contributed by atoms with E-state index in [1.165, 1.54) is 0 Å². The number of halogens is 3. The van der Waals surface area contributed by atoms with Crippen LogP contribution in [0.4, 0.5) is 13.2 Å². The smallest absolute Gasteiger partial charge is 0.433 e. The van der Waals surface area contributed by atoms with E-state index in [1.54, 1.807) is 13.8 Å². The number of Topliss-reactive ketones (excluding diaryl/α,β-unsaturated/α-hetero) is 1. The van der Waals surface area contributed by atoms with Crippen LogP contribution in [0.15, 0.2) is 23.4 Å². The molecule has 1 N–H and O–H groups in total. The van der Waals surface area contributed by atoms with E-state index in [2.05, 4.69) is 10.1 Å². The molecule has 0 amide bonds. The van der Waals surface area contributed by atoms with Gasteiger partial charge >= 0.3 is 6.18 Å². The predicted octanol–water partition coefficient (Wildman–Crippen LogP) is 3.11. The van der Waals surface area contributed by atoms with E-state index >= 15 is 0 Å². The third kappa shape index (κ3) is 4.29. The van der Waals surface area contributed by atoms with Crippen molar-refractivity contribution < 1.29 is 22.7 Å². The van der Waals surface area contributed by atoms with Crippen LogP contribution in [0, 0.1) is 10.9 Å². The summed E-state index contributed by atoms with van der Waals surface area (Å²) in [5, 5.41) is 3.16. The molecule has 0 unspecified atom stereocenters. The van der Waals surface area contributed by atoms with Crippen LogP contribution in [0.5, 0.6) is 5.75 Å². The van der Waals surface area contributed by atoms with Gasteiger partial charge < -0.3 is 4.74 Å². The van der Waals surface area contributed by atoms with Crippen LogP contribution >= 0.6 is 0 Å². The first-order chi connectivity index (χ1) is 9.16. The normalized spacial score (nSPS) is 12.1. The fraction of sp³-hybridized carbons (Fsp3) is 0.500. The van der Waals surface area contributed by atoms with Crippen LogP contribution in [0.2, 0.25) is 0 Å². The zero-order chi connectivity index (χ0) is 15.4. The van der Waals surface area contributed by atoms with Gasteiger partial charge in [0.05, 0.1) is 12.7 Å². The second-order valence-corrected chi connectivity index (χ2v) is 4.79. The maximum Gasteiger partial charge on any atom is 0.433 e. The van der Waals surface area contributed by atoms with E-state index in [9.17, 15) is 18.0 Å². The Labute approximate surface area is 113 Å². The summed E-state index contributed by atoms with van der Waals surface area (Å²) < 4.78 is 42.0. The molecule has 0 bridgehead atoms. The molecule has 0 aliphatic carbocycles. The number of pyridine rings is 1. The zero-order valence-electron chi connectivity index (χ0n) is 11.0. The third-order valence-electron chi connectivity index (χ3n) is 2.63. The minimum absolute atomic E-state index is 0.0282. The van der Waals surface area contributed by atoms with E-state index in [0.717, 1.165) is 18.3 Å². The average Bonchev–Trinajstić information content (AvgIpc) is 2.35. The molecule has 0 radical (unpaired) electrons. The molecule has 0 saturated carbocycles. The second-order valence-electron chi connectivity index (χ2n) is 4.79. The highest BCUT2D eigenvalue weighted by atomic mass is 19.4. The fourth-order valence-electron chi connectivity index (χ4n) is 1.26. The summed E-state index contributed by atoms with van der Waals surface area (Å²) in [6.45, 7) is 2.94. The van der Waals surface area contributed by atoms with Gasteiger partial charge in [0.15, 0.2) is 5.78 Å². The van der Waals surface area contributed by atoms with E-state index in [-0.39, 0.29) is 24.7 Å². The van der Waals surface area contributed by atoms with E-state index < -0.39 is 17.3 Å². The van der Waals surface area contributed by atoms with Crippen molar-refractivity contribution in [3.05, 3.63) is 24.0 Å². The zero-order valence-corrected chi connectivity index (χ0v) is 11.0. The Morgan fingerprint density at radius 1 is 1.40 bits per heavy atom. The summed E-state index contributed by atoms with van der Waals surface area (Å²) in [6, 6.07) is 1.88. The molecule has 0 aromatic carbocycles. The molecule has 1 aromatic heterocycles. The van der Waals surface area contributed by atoms with E-state index in [4.69, 9.17) is 10.3 Å². The quantitative estimate of drug-likeness (QED) is 0.817. The maximum atomic E-state index is 12.3. The molecule has 1 rings (SSSR count). The number of rotatable bonds is 6. The summed E-state index contributed by atoms with van der Waals surface area (Å²) in [5.74, 6) is -0.224. The van der Waals surface area contributed by atoms with Crippen molar-refractivity contribution in [3.63, 3.8) is 0 Å². The number of nitrogens with zero attached hydrogens (tertiary/aromatic N) is 2. The van der Waals surface area contributed by atoms with Crippen molar-refractivity contribution in [1.82, 2.24) is 4.98 Å². The topological polar surface area (TPSA) is 75.4 Å². The number of ether oxygens (including phenoxy) is 1. The van der Waals surface area contributed by atoms with Crippen molar-refractivity contribution in [1.29, 1.82) is 5.53 Å². The number of carbonyl (C=O) groups is 1. The molecule has 20 heavy (non-hydrogen) atoms. The van der Waals surface area contributed by atoms with Crippen LogP contribution in [0.3, 0.4) is 0 Å². The number of alkyl halides is 3. The van der Waals surface area contributed by atoms with Gasteiger partial charge in [0.25, 0.3) is 0 Å². The van der Waals surface area contributed by atoms with Crippen LogP contribution in [0.25, 0.3) is 0 Å². The standard InChI is InChI=1S/C12H14F3N3O2/c1-11(2,7-18-16)10(19)6-20-8-3-4-9(17-5-8)12(13,14)15/h3-5,16H,6-7H2,1-2H3. The van der Waals surface area contributed by atoms with E-state index in [1.807, 2.05) is 0 Å². The SMILES string of the molecule is CC(C)(CN=N)C(=O)COc1ccc(C(F)(F)F)nc1. The average molecular weight is 289 g/mol. The lowest BCUT2D eigenvalue weighted by molar-refractivity contribution is -0.141. The Morgan fingerprint density at radius 2 is 2.05 bits per heavy atom. The van der Waals surface area contributed by atoms with Gasteiger partial charge in [0, 0.05) is 5.41 Å². The summed E-state index contributed by atoms with van der Waals surface area (Å²) in [4.78, 5) is 15.0. The van der Waals surface area contributed by atoms with E-state index in [0.29, 0.717) is 0 Å². The van der Waals surface area contributed by atoms with Gasteiger partial charge in [-0.1, -0.05) is 13.8 Å². The van der Waals surface area contributed by atoms with Gasteiger partial charge in [-0.25, -0.2) is 10.5 Å². The molecule has 0 atom stereocenters. The van der Waals surface area contributed by atoms with Crippen molar-refractivity contribution in [2.75, 3.05) is 13.2 Å². The lowest BCUT2D eigenvalue weighted by Gasteiger charge is -2.19. The first-order valence-electron chi connectivity index (χ1n) is 5.69. The van der Waals surface area contributed by atoms with Crippen molar-refractivity contribution in [2.45, 2.75) is 20.0 Å². The van der Waals surface area contributed by atoms with Gasteiger partial charge in [-0.15, -0.1) is 0 Å². The Morgan fingerprint density at radius 3 is 2.50 bits per heavy atom. The van der Waals surface area contributed by atoms with Gasteiger partial charge in [-0.05, 0) is 12.1 Å². The first-order valence-corrected chi connectivity index (χ1v) is 5.69. The highest BCUT2D eigenvalue weighted by Crippen LogP contribution is 2.28. The Bertz CT molecular complexity index is 484. The highest BCUT2D eigenvalue weighted by molar-refractivity contribution is 5.85. The second kappa shape index (κ2) is 5.98. The minimum Gasteiger partial charge on any atom is -0.484 e. The monoisotopic (exact) mass is 289 g/mol. The van der Waals surface area contributed by atoms with Gasteiger partial charge in [-0.3, -0.25) is 4.79 Å². The number of aromatic nitrogens is 1. The van der Waals surface area contributed by atoms with Crippen molar-refractivity contribution in [2.24, 2.45) is 10.5 Å². The lowest BCUT2D eigenvalue weighted by atomic mass is 9.89. The Hall–Kier alpha value is -1.99. The fourth-order valence-corrected chi connectivity index (χ4v) is 1.26. The summed E-state index contributed by atoms with van der Waals surface area (Å²) in [6.07, 6.45) is -3.59. The molecule has 0 fully saturated rings. The van der Waals surface area contributed by atoms with Gasteiger partial charge in [-0.2, -0.15) is 18.3 Å². The molecule has 5 nitrogen and oxygen atoms in total. The Balaban J connectivity index is 2.63. The number of ketones is 1. The van der Waals surface area contributed by atoms with Crippen LogP contribution < -0.4 is 4.74 Å². The van der Waals surface area contributed by atoms with Gasteiger partial charge in [0.2, 0.25) is 0 Å². The predicted molar refractivity (Wildman–Crippen MR) is 63.5 cm³/mol. The summed E-state index contributed by atoms with van der Waals surface area (Å²) in [7, 11) is 0. The van der Waals surface area contributed by atoms with Crippen LogP contribution in [-0.2, 0) is 11.0 Å². The number of hydrogen-bond donors (Lipinski definition) is 1. The molecule has 1 aromatic rings. The molecule has 1 heterocycles. The van der Waals surface area contributed by atoms with Crippen LogP contribution in [-0.4, -0.2) is 23.9 Å². The number of nitrogens with one attached hydrogen (secondary N) is 1. The van der Waals surface area contributed by atoms with Crippen molar-refractivity contribution >= 4 is 5.78 Å². The molecule has 110 valence electrons. The molecular weight excluding hydrogens is 275 g/mol. The summed E-state index contributed by atoms with van der Waals surface area (Å²) in [5.41, 5.74) is 4.88. The Kier molecular flexibility index (Phi) is 4.80. The minimum atomic E-state index is -4.51. The third-order valence-corrected chi connectivity index (χ3v) is 2.63. The number of hydrogen-bond acceptors (Lipinski definition) is 5. The molecular formula is C12H14F3N3O2. The van der Waals surface area contributed by atoms with Crippen molar-refractivity contribution in [3.8, 4) is 5.75 Å². The van der Waals surface area contributed by atoms with Crippen LogP contribution in [0.1, 0.15) is 19.5 Å². The maximum absolute atomic E-state index is 12.3.